The molecular weight excluding hydrogens is 338 g/mol. The maximum atomic E-state index is 14.4. The van der Waals surface area contributed by atoms with Crippen molar-refractivity contribution in [2.75, 3.05) is 18.0 Å². The second-order valence-corrected chi connectivity index (χ2v) is 6.29. The monoisotopic (exact) mass is 352 g/mol. The average Bonchev–Trinajstić information content (AvgIpc) is 3.28. The number of hydrogen-bond donors (Lipinski definition) is 0. The van der Waals surface area contributed by atoms with Gasteiger partial charge in [-0.25, -0.2) is 23.4 Å². The van der Waals surface area contributed by atoms with E-state index in [0.717, 1.165) is 16.8 Å². The van der Waals surface area contributed by atoms with Crippen LogP contribution in [-0.4, -0.2) is 43.6 Å². The summed E-state index contributed by atoms with van der Waals surface area (Å²) < 4.78 is 30.8. The molecule has 0 amide bonds. The molecule has 1 aliphatic rings. The van der Waals surface area contributed by atoms with Gasteiger partial charge in [0.05, 0.1) is 31.3 Å². The molecular formula is C18H14F2N6. The van der Waals surface area contributed by atoms with E-state index in [1.165, 1.54) is 10.7 Å². The fourth-order valence-corrected chi connectivity index (χ4v) is 3.09. The molecule has 130 valence electrons. The zero-order valence-electron chi connectivity index (χ0n) is 13.6. The molecule has 0 aliphatic carbocycles. The van der Waals surface area contributed by atoms with Gasteiger partial charge in [0.15, 0.2) is 5.65 Å². The van der Waals surface area contributed by atoms with Crippen LogP contribution in [0, 0.1) is 5.82 Å². The highest BCUT2D eigenvalue weighted by Crippen LogP contribution is 2.27. The van der Waals surface area contributed by atoms with Gasteiger partial charge >= 0.3 is 0 Å². The second-order valence-electron chi connectivity index (χ2n) is 6.29. The molecule has 0 unspecified atom stereocenters. The van der Waals surface area contributed by atoms with E-state index in [9.17, 15) is 8.78 Å². The molecule has 0 bridgehead atoms. The van der Waals surface area contributed by atoms with E-state index in [0.29, 0.717) is 24.4 Å². The van der Waals surface area contributed by atoms with Crippen LogP contribution in [0.5, 0.6) is 0 Å². The van der Waals surface area contributed by atoms with Crippen molar-refractivity contribution in [3.05, 3.63) is 61.2 Å². The van der Waals surface area contributed by atoms with Gasteiger partial charge in [0.1, 0.15) is 17.7 Å². The first-order valence-corrected chi connectivity index (χ1v) is 8.20. The Morgan fingerprint density at radius 3 is 2.77 bits per heavy atom. The van der Waals surface area contributed by atoms with Gasteiger partial charge in [-0.1, -0.05) is 0 Å². The highest BCUT2D eigenvalue weighted by atomic mass is 19.1. The zero-order chi connectivity index (χ0) is 17.7. The summed E-state index contributed by atoms with van der Waals surface area (Å²) in [5, 5.41) is 5.16. The third kappa shape index (κ3) is 2.42. The Bertz CT molecular complexity index is 1080. The minimum absolute atomic E-state index is 0.312. The van der Waals surface area contributed by atoms with E-state index in [2.05, 4.69) is 15.1 Å². The number of benzene rings is 1. The standard InChI is InChI=1S/C18H14F2N6/c19-13-9-25(10-13)14-1-2-16(20)17(6-14)26-8-12-5-15(7-22-18(12)23-26)24-4-3-21-11-24/h1-8,11,13H,9-10H2. The van der Waals surface area contributed by atoms with Crippen LogP contribution in [0.1, 0.15) is 0 Å². The number of hydrogen-bond acceptors (Lipinski definition) is 4. The number of rotatable bonds is 3. The molecule has 0 atom stereocenters. The van der Waals surface area contributed by atoms with E-state index in [-0.39, 0.29) is 0 Å². The molecule has 1 aromatic carbocycles. The summed E-state index contributed by atoms with van der Waals surface area (Å²) in [5.74, 6) is -0.395. The fourth-order valence-electron chi connectivity index (χ4n) is 3.09. The lowest BCUT2D eigenvalue weighted by atomic mass is 10.1. The summed E-state index contributed by atoms with van der Waals surface area (Å²) in [6, 6.07) is 6.64. The molecule has 5 rings (SSSR count). The predicted molar refractivity (Wildman–Crippen MR) is 93.1 cm³/mol. The van der Waals surface area contributed by atoms with Gasteiger partial charge in [-0.15, -0.1) is 5.10 Å². The summed E-state index contributed by atoms with van der Waals surface area (Å²) in [6.45, 7) is 0.671. The molecule has 26 heavy (non-hydrogen) atoms. The summed E-state index contributed by atoms with van der Waals surface area (Å²) in [4.78, 5) is 10.2. The van der Waals surface area contributed by atoms with E-state index in [1.807, 2.05) is 21.7 Å². The first-order valence-electron chi connectivity index (χ1n) is 8.20. The van der Waals surface area contributed by atoms with E-state index < -0.39 is 12.0 Å². The molecule has 1 fully saturated rings. The van der Waals surface area contributed by atoms with Gasteiger partial charge in [-0.3, -0.25) is 0 Å². The Morgan fingerprint density at radius 1 is 1.12 bits per heavy atom. The quantitative estimate of drug-likeness (QED) is 0.569. The van der Waals surface area contributed by atoms with Crippen molar-refractivity contribution in [2.45, 2.75) is 6.17 Å². The number of alkyl halides is 1. The summed E-state index contributed by atoms with van der Waals surface area (Å²) in [7, 11) is 0. The zero-order valence-corrected chi connectivity index (χ0v) is 13.6. The van der Waals surface area contributed by atoms with Crippen molar-refractivity contribution in [2.24, 2.45) is 0 Å². The summed E-state index contributed by atoms with van der Waals surface area (Å²) in [5.41, 5.74) is 2.46. The molecule has 1 aliphatic heterocycles. The van der Waals surface area contributed by atoms with Crippen LogP contribution in [0.4, 0.5) is 14.5 Å². The lowest BCUT2D eigenvalue weighted by molar-refractivity contribution is 0.275. The van der Waals surface area contributed by atoms with Crippen LogP contribution >= 0.6 is 0 Å². The Morgan fingerprint density at radius 2 is 2.00 bits per heavy atom. The van der Waals surface area contributed by atoms with Crippen molar-refractivity contribution in [3.8, 4) is 11.4 Å². The molecule has 3 aromatic heterocycles. The topological polar surface area (TPSA) is 51.8 Å². The molecule has 4 aromatic rings. The van der Waals surface area contributed by atoms with Gasteiger partial charge in [-0.2, -0.15) is 0 Å². The predicted octanol–water partition coefficient (Wildman–Crippen LogP) is 2.90. The summed E-state index contributed by atoms with van der Waals surface area (Å²) in [6.07, 6.45) is 7.80. The fraction of sp³-hybridized carbons (Fsp3) is 0.167. The molecule has 0 spiro atoms. The number of imidazole rings is 1. The Hall–Kier alpha value is -3.29. The number of aromatic nitrogens is 5. The van der Waals surface area contributed by atoms with Crippen LogP contribution in [0.3, 0.4) is 0 Å². The Kier molecular flexibility index (Phi) is 3.24. The minimum atomic E-state index is -0.818. The van der Waals surface area contributed by atoms with Crippen LogP contribution in [0.2, 0.25) is 0 Å². The lowest BCUT2D eigenvalue weighted by Crippen LogP contribution is -2.48. The lowest BCUT2D eigenvalue weighted by Gasteiger charge is -2.36. The van der Waals surface area contributed by atoms with Gasteiger partial charge < -0.3 is 9.47 Å². The van der Waals surface area contributed by atoms with Crippen molar-refractivity contribution in [1.29, 1.82) is 0 Å². The number of nitrogens with zero attached hydrogens (tertiary/aromatic N) is 6. The smallest absolute Gasteiger partial charge is 0.181 e. The SMILES string of the molecule is Fc1ccc(N2CC(F)C2)cc1-n1cc2cc(-n3ccnc3)cnc2n1. The number of fused-ring (bicyclic) bond motifs is 1. The Balaban J connectivity index is 1.55. The third-order valence-corrected chi connectivity index (χ3v) is 4.53. The molecule has 1 saturated heterocycles. The van der Waals surface area contributed by atoms with Crippen molar-refractivity contribution < 1.29 is 8.78 Å². The van der Waals surface area contributed by atoms with Crippen LogP contribution in [0.25, 0.3) is 22.4 Å². The highest BCUT2D eigenvalue weighted by molar-refractivity contribution is 5.77. The van der Waals surface area contributed by atoms with E-state index in [1.54, 1.807) is 37.1 Å². The third-order valence-electron chi connectivity index (χ3n) is 4.53. The van der Waals surface area contributed by atoms with Crippen molar-refractivity contribution in [3.63, 3.8) is 0 Å². The molecule has 0 radical (unpaired) electrons. The van der Waals surface area contributed by atoms with Crippen LogP contribution < -0.4 is 4.90 Å². The van der Waals surface area contributed by atoms with E-state index in [4.69, 9.17) is 0 Å². The largest absolute Gasteiger partial charge is 0.365 e. The maximum Gasteiger partial charge on any atom is 0.181 e. The maximum absolute atomic E-state index is 14.4. The molecule has 0 N–H and O–H groups in total. The normalized spacial score (nSPS) is 14.8. The van der Waals surface area contributed by atoms with Gasteiger partial charge in [0, 0.05) is 29.7 Å². The van der Waals surface area contributed by atoms with Crippen molar-refractivity contribution in [1.82, 2.24) is 24.3 Å². The highest BCUT2D eigenvalue weighted by Gasteiger charge is 2.27. The van der Waals surface area contributed by atoms with Gasteiger partial charge in [-0.05, 0) is 24.3 Å². The average molecular weight is 352 g/mol. The van der Waals surface area contributed by atoms with E-state index >= 15 is 0 Å². The number of halogens is 2. The van der Waals surface area contributed by atoms with Crippen LogP contribution in [-0.2, 0) is 0 Å². The molecule has 4 heterocycles. The van der Waals surface area contributed by atoms with Crippen molar-refractivity contribution >= 4 is 16.7 Å². The molecule has 6 nitrogen and oxygen atoms in total. The Labute approximate surface area is 147 Å². The first-order chi connectivity index (χ1) is 12.7. The molecule has 8 heteroatoms. The second kappa shape index (κ2) is 5.62. The van der Waals surface area contributed by atoms with Gasteiger partial charge in [0.2, 0.25) is 0 Å². The van der Waals surface area contributed by atoms with Gasteiger partial charge in [0.25, 0.3) is 0 Å². The van der Waals surface area contributed by atoms with Crippen LogP contribution in [0.15, 0.2) is 55.4 Å². The first kappa shape index (κ1) is 15.0. The minimum Gasteiger partial charge on any atom is -0.365 e. The number of anilines is 1. The number of pyridine rings is 1. The summed E-state index contributed by atoms with van der Waals surface area (Å²) >= 11 is 0. The molecule has 0 saturated carbocycles.